The monoisotopic (exact) mass is 289 g/mol. The molecule has 0 aliphatic heterocycles. The van der Waals surface area contributed by atoms with Crippen molar-refractivity contribution >= 4 is 21.4 Å². The number of hydrogen-bond donors (Lipinski definition) is 2. The Bertz CT molecular complexity index is 501. The molecule has 1 aliphatic carbocycles. The molecular weight excluding hydrogens is 270 g/mol. The van der Waals surface area contributed by atoms with Gasteiger partial charge in [0.15, 0.2) is 0 Å². The second-order valence-corrected chi connectivity index (χ2v) is 8.18. The quantitative estimate of drug-likeness (QED) is 0.872. The highest BCUT2D eigenvalue weighted by Gasteiger charge is 2.30. The van der Waals surface area contributed by atoms with E-state index in [1.807, 2.05) is 0 Å². The molecular formula is C12H19NO3S2. The van der Waals surface area contributed by atoms with Gasteiger partial charge in [0.2, 0.25) is 10.0 Å². The van der Waals surface area contributed by atoms with Gasteiger partial charge in [-0.2, -0.15) is 0 Å². The van der Waals surface area contributed by atoms with Gasteiger partial charge < -0.3 is 5.11 Å². The van der Waals surface area contributed by atoms with Gasteiger partial charge in [0.1, 0.15) is 4.21 Å². The summed E-state index contributed by atoms with van der Waals surface area (Å²) in [6.45, 7) is 2.52. The van der Waals surface area contributed by atoms with Gasteiger partial charge in [-0.15, -0.1) is 11.3 Å². The van der Waals surface area contributed by atoms with E-state index in [-0.39, 0.29) is 16.2 Å². The van der Waals surface area contributed by atoms with Gasteiger partial charge in [-0.1, -0.05) is 19.8 Å². The third-order valence-corrected chi connectivity index (χ3v) is 6.47. The van der Waals surface area contributed by atoms with Crippen molar-refractivity contribution in [3.8, 4) is 0 Å². The zero-order chi connectivity index (χ0) is 13.2. The summed E-state index contributed by atoms with van der Waals surface area (Å²) >= 11 is 1.15. The molecule has 1 aromatic heterocycles. The van der Waals surface area contributed by atoms with Crippen LogP contribution in [-0.2, 0) is 16.6 Å². The lowest BCUT2D eigenvalue weighted by molar-refractivity contribution is 0.282. The molecule has 0 atom stereocenters. The van der Waals surface area contributed by atoms with E-state index in [0.29, 0.717) is 12.1 Å². The van der Waals surface area contributed by atoms with Crippen molar-refractivity contribution in [3.63, 3.8) is 0 Å². The Morgan fingerprint density at radius 1 is 1.44 bits per heavy atom. The minimum atomic E-state index is -3.42. The van der Waals surface area contributed by atoms with Gasteiger partial charge in [-0.05, 0) is 35.3 Å². The Morgan fingerprint density at radius 2 is 2.11 bits per heavy atom. The van der Waals surface area contributed by atoms with Crippen molar-refractivity contribution in [3.05, 3.63) is 17.0 Å². The third-order valence-electron chi connectivity index (χ3n) is 3.58. The summed E-state index contributed by atoms with van der Waals surface area (Å²) in [7, 11) is -3.42. The van der Waals surface area contributed by atoms with E-state index in [9.17, 15) is 8.42 Å². The van der Waals surface area contributed by atoms with Crippen molar-refractivity contribution in [2.45, 2.75) is 43.4 Å². The summed E-state index contributed by atoms with van der Waals surface area (Å²) in [5, 5.41) is 10.6. The fraction of sp³-hybridized carbons (Fsp3) is 0.667. The molecule has 1 saturated carbocycles. The van der Waals surface area contributed by atoms with Crippen molar-refractivity contribution in [2.24, 2.45) is 5.41 Å². The fourth-order valence-corrected chi connectivity index (χ4v) is 4.77. The molecule has 0 aromatic carbocycles. The number of aliphatic hydroxyl groups excluding tert-OH is 1. The smallest absolute Gasteiger partial charge is 0.250 e. The molecule has 2 rings (SSSR count). The Hall–Kier alpha value is -0.430. The van der Waals surface area contributed by atoms with E-state index in [2.05, 4.69) is 11.6 Å². The van der Waals surface area contributed by atoms with Crippen LogP contribution in [0.2, 0.25) is 0 Å². The van der Waals surface area contributed by atoms with Gasteiger partial charge >= 0.3 is 0 Å². The fourth-order valence-electron chi connectivity index (χ4n) is 2.32. The largest absolute Gasteiger partial charge is 0.392 e. The van der Waals surface area contributed by atoms with Crippen molar-refractivity contribution in [1.29, 1.82) is 0 Å². The predicted octanol–water partition coefficient (Wildman–Crippen LogP) is 2.10. The van der Waals surface area contributed by atoms with E-state index in [1.54, 1.807) is 5.38 Å². The van der Waals surface area contributed by atoms with Crippen LogP contribution in [0, 0.1) is 5.41 Å². The maximum absolute atomic E-state index is 12.1. The number of nitrogens with one attached hydrogen (secondary N) is 1. The lowest BCUT2D eigenvalue weighted by atomic mass is 9.89. The topological polar surface area (TPSA) is 66.4 Å². The van der Waals surface area contributed by atoms with Crippen LogP contribution in [0.1, 0.15) is 38.2 Å². The normalized spacial score (nSPS) is 19.2. The lowest BCUT2D eigenvalue weighted by Crippen LogP contribution is -2.33. The number of hydrogen-bond acceptors (Lipinski definition) is 4. The van der Waals surface area contributed by atoms with Crippen LogP contribution < -0.4 is 4.72 Å². The molecule has 0 bridgehead atoms. The SMILES string of the molecule is CC1(CNS(=O)(=O)c2cc(CO)cs2)CCCC1. The van der Waals surface area contributed by atoms with Crippen molar-refractivity contribution < 1.29 is 13.5 Å². The van der Waals surface area contributed by atoms with E-state index in [0.717, 1.165) is 24.2 Å². The molecule has 6 heteroatoms. The van der Waals surface area contributed by atoms with Crippen LogP contribution >= 0.6 is 11.3 Å². The molecule has 0 unspecified atom stereocenters. The molecule has 0 amide bonds. The lowest BCUT2D eigenvalue weighted by Gasteiger charge is -2.23. The molecule has 1 aliphatic rings. The molecule has 102 valence electrons. The average molecular weight is 289 g/mol. The Balaban J connectivity index is 2.03. The van der Waals surface area contributed by atoms with E-state index < -0.39 is 10.0 Å². The minimum Gasteiger partial charge on any atom is -0.392 e. The second-order valence-electron chi connectivity index (χ2n) is 5.27. The molecule has 18 heavy (non-hydrogen) atoms. The van der Waals surface area contributed by atoms with E-state index in [1.165, 1.54) is 18.9 Å². The van der Waals surface area contributed by atoms with Crippen molar-refractivity contribution in [1.82, 2.24) is 4.72 Å². The van der Waals surface area contributed by atoms with Gasteiger partial charge in [-0.25, -0.2) is 13.1 Å². The highest BCUT2D eigenvalue weighted by Crippen LogP contribution is 2.37. The molecule has 1 heterocycles. The predicted molar refractivity (Wildman–Crippen MR) is 72.0 cm³/mol. The number of aliphatic hydroxyl groups is 1. The summed E-state index contributed by atoms with van der Waals surface area (Å²) in [6.07, 6.45) is 4.54. The number of rotatable bonds is 5. The average Bonchev–Trinajstić information content (AvgIpc) is 2.96. The summed E-state index contributed by atoms with van der Waals surface area (Å²) in [5.74, 6) is 0. The zero-order valence-electron chi connectivity index (χ0n) is 10.5. The first-order chi connectivity index (χ1) is 8.45. The van der Waals surface area contributed by atoms with E-state index >= 15 is 0 Å². The van der Waals surface area contributed by atoms with Crippen LogP contribution in [0.4, 0.5) is 0 Å². The van der Waals surface area contributed by atoms with Crippen LogP contribution in [0.5, 0.6) is 0 Å². The minimum absolute atomic E-state index is 0.101. The van der Waals surface area contributed by atoms with Gasteiger partial charge in [0.25, 0.3) is 0 Å². The van der Waals surface area contributed by atoms with Gasteiger partial charge in [0.05, 0.1) is 6.61 Å². The molecule has 0 radical (unpaired) electrons. The standard InChI is InChI=1S/C12H19NO3S2/c1-12(4-2-3-5-12)9-13-18(15,16)11-6-10(7-14)8-17-11/h6,8,13-14H,2-5,7,9H2,1H3. The van der Waals surface area contributed by atoms with Crippen LogP contribution in [-0.4, -0.2) is 20.1 Å². The first-order valence-electron chi connectivity index (χ1n) is 6.13. The van der Waals surface area contributed by atoms with E-state index in [4.69, 9.17) is 5.11 Å². The molecule has 4 nitrogen and oxygen atoms in total. The number of sulfonamides is 1. The Kier molecular flexibility index (Phi) is 4.11. The summed E-state index contributed by atoms with van der Waals surface area (Å²) < 4.78 is 27.1. The Labute approximate surface area is 112 Å². The Morgan fingerprint density at radius 3 is 2.67 bits per heavy atom. The first kappa shape index (κ1) is 14.0. The summed E-state index contributed by atoms with van der Waals surface area (Å²) in [4.78, 5) is 0. The first-order valence-corrected chi connectivity index (χ1v) is 8.49. The highest BCUT2D eigenvalue weighted by molar-refractivity contribution is 7.91. The third kappa shape index (κ3) is 3.12. The molecule has 0 spiro atoms. The zero-order valence-corrected chi connectivity index (χ0v) is 12.1. The van der Waals surface area contributed by atoms with Crippen LogP contribution in [0.25, 0.3) is 0 Å². The maximum atomic E-state index is 12.1. The van der Waals surface area contributed by atoms with Gasteiger partial charge in [-0.3, -0.25) is 0 Å². The molecule has 0 saturated heterocycles. The highest BCUT2D eigenvalue weighted by atomic mass is 32.2. The molecule has 2 N–H and O–H groups in total. The summed E-state index contributed by atoms with van der Waals surface area (Å²) in [5.41, 5.74) is 0.747. The second kappa shape index (κ2) is 5.28. The maximum Gasteiger partial charge on any atom is 0.250 e. The molecule has 1 aromatic rings. The molecule has 1 fully saturated rings. The van der Waals surface area contributed by atoms with Crippen LogP contribution in [0.15, 0.2) is 15.7 Å². The van der Waals surface area contributed by atoms with Gasteiger partial charge in [0, 0.05) is 6.54 Å². The van der Waals surface area contributed by atoms with Crippen molar-refractivity contribution in [2.75, 3.05) is 6.54 Å². The number of thiophene rings is 1. The summed E-state index contributed by atoms with van der Waals surface area (Å²) in [6, 6.07) is 1.53. The van der Waals surface area contributed by atoms with Crippen LogP contribution in [0.3, 0.4) is 0 Å².